The fourth-order valence-corrected chi connectivity index (χ4v) is 8.90. The SMILES string of the molecule is N#Cc1ccc(OC2CCC(NC(=O)c3ccc(N4CCC(CN5CCN(c6ccc7c(=O)n(C8CCC(=O)NC8=O)ncc7c6)CC5)CC4)cc3)CC2)cc1Cl. The molecule has 0 spiro atoms. The van der Waals surface area contributed by atoms with Crippen molar-refractivity contribution in [3.05, 3.63) is 93.4 Å². The van der Waals surface area contributed by atoms with Gasteiger partial charge < -0.3 is 19.9 Å². The number of anilines is 2. The van der Waals surface area contributed by atoms with Gasteiger partial charge in [-0.3, -0.25) is 29.4 Å². The smallest absolute Gasteiger partial charge is 0.275 e. The topological polar surface area (TPSA) is 153 Å². The van der Waals surface area contributed by atoms with Gasteiger partial charge in [-0.25, -0.2) is 4.68 Å². The lowest BCUT2D eigenvalue weighted by atomic mass is 9.92. The van der Waals surface area contributed by atoms with Crippen molar-refractivity contribution >= 4 is 51.5 Å². The zero-order valence-electron chi connectivity index (χ0n) is 31.9. The Morgan fingerprint density at radius 2 is 1.58 bits per heavy atom. The molecule has 1 atom stereocenters. The summed E-state index contributed by atoms with van der Waals surface area (Å²) in [6.45, 7) is 6.81. The summed E-state index contributed by atoms with van der Waals surface area (Å²) >= 11 is 6.16. The maximum atomic E-state index is 13.2. The van der Waals surface area contributed by atoms with Crippen molar-refractivity contribution in [2.75, 3.05) is 55.6 Å². The molecule has 296 valence electrons. The first-order valence-corrected chi connectivity index (χ1v) is 20.4. The van der Waals surface area contributed by atoms with E-state index in [1.165, 1.54) is 4.68 Å². The highest BCUT2D eigenvalue weighted by molar-refractivity contribution is 6.31. The summed E-state index contributed by atoms with van der Waals surface area (Å²) in [5.74, 6) is 0.448. The Bertz CT molecular complexity index is 2230. The first-order chi connectivity index (χ1) is 27.7. The van der Waals surface area contributed by atoms with E-state index in [4.69, 9.17) is 21.6 Å². The number of piperazine rings is 1. The van der Waals surface area contributed by atoms with Crippen LogP contribution >= 0.6 is 11.6 Å². The number of imide groups is 1. The Hall–Kier alpha value is -5.45. The number of piperidine rings is 2. The molecule has 14 heteroatoms. The fourth-order valence-electron chi connectivity index (χ4n) is 8.68. The summed E-state index contributed by atoms with van der Waals surface area (Å²) < 4.78 is 7.31. The average Bonchev–Trinajstić information content (AvgIpc) is 3.23. The molecule has 1 unspecified atom stereocenters. The van der Waals surface area contributed by atoms with Gasteiger partial charge >= 0.3 is 0 Å². The zero-order chi connectivity index (χ0) is 39.5. The molecule has 4 fully saturated rings. The van der Waals surface area contributed by atoms with Gasteiger partial charge in [-0.05, 0) is 105 Å². The first-order valence-electron chi connectivity index (χ1n) is 20.1. The number of ether oxygens (including phenoxy) is 1. The molecule has 4 aromatic rings. The minimum atomic E-state index is -0.777. The molecule has 3 saturated heterocycles. The number of hydrogen-bond donors (Lipinski definition) is 2. The molecule has 1 aliphatic carbocycles. The van der Waals surface area contributed by atoms with Gasteiger partial charge in [0, 0.05) is 86.7 Å². The van der Waals surface area contributed by atoms with Crippen LogP contribution in [0.3, 0.4) is 0 Å². The van der Waals surface area contributed by atoms with Gasteiger partial charge in [-0.1, -0.05) is 11.6 Å². The minimum Gasteiger partial charge on any atom is -0.490 e. The van der Waals surface area contributed by atoms with E-state index in [0.29, 0.717) is 33.2 Å². The summed E-state index contributed by atoms with van der Waals surface area (Å²) in [5.41, 5.74) is 2.99. The normalized spacial score (nSPS) is 22.2. The molecule has 1 saturated carbocycles. The molecule has 1 aromatic heterocycles. The number of carbonyl (C=O) groups excluding carboxylic acids is 3. The third-order valence-corrected chi connectivity index (χ3v) is 12.3. The maximum Gasteiger partial charge on any atom is 0.275 e. The molecule has 13 nitrogen and oxygen atoms in total. The largest absolute Gasteiger partial charge is 0.490 e. The molecule has 0 radical (unpaired) electrons. The number of hydrogen-bond acceptors (Lipinski definition) is 10. The molecule has 57 heavy (non-hydrogen) atoms. The minimum absolute atomic E-state index is 0.0439. The van der Waals surface area contributed by atoms with Crippen LogP contribution in [0.5, 0.6) is 5.75 Å². The van der Waals surface area contributed by atoms with Crippen LogP contribution in [0.15, 0.2) is 71.7 Å². The predicted octanol–water partition coefficient (Wildman–Crippen LogP) is 5.06. The Balaban J connectivity index is 0.756. The van der Waals surface area contributed by atoms with E-state index in [9.17, 15) is 19.2 Å². The van der Waals surface area contributed by atoms with Gasteiger partial charge in [0.2, 0.25) is 5.91 Å². The Kier molecular flexibility index (Phi) is 11.4. The van der Waals surface area contributed by atoms with Crippen molar-refractivity contribution in [1.82, 2.24) is 25.3 Å². The number of fused-ring (bicyclic) bond motifs is 1. The summed E-state index contributed by atoms with van der Waals surface area (Å²) in [5, 5.41) is 20.6. The standard InChI is InChI=1S/C43H47ClN8O5/c44-38-24-36(9-3-30(38)25-45)57-35-10-4-32(5-11-35)47-41(54)29-1-6-33(7-2-29)50-17-15-28(16-18-50)27-49-19-21-51(22-20-49)34-8-12-37-31(23-34)26-46-52(43(37)56)39-13-14-40(53)48-42(39)55/h1-3,6-9,12,23-24,26,28,32,35,39H,4-5,10-11,13-22,27H2,(H,47,54)(H,48,53,55). The van der Waals surface area contributed by atoms with E-state index in [1.807, 2.05) is 30.3 Å². The number of carbonyl (C=O) groups is 3. The molecule has 3 aromatic carbocycles. The highest BCUT2D eigenvalue weighted by Gasteiger charge is 2.31. The van der Waals surface area contributed by atoms with Crippen LogP contribution in [0, 0.1) is 17.2 Å². The van der Waals surface area contributed by atoms with Crippen molar-refractivity contribution in [2.24, 2.45) is 5.92 Å². The van der Waals surface area contributed by atoms with Gasteiger partial charge in [0.1, 0.15) is 17.9 Å². The molecule has 2 N–H and O–H groups in total. The number of nitrogens with one attached hydrogen (secondary N) is 2. The molecule has 8 rings (SSSR count). The van der Waals surface area contributed by atoms with Crippen LogP contribution in [0.1, 0.15) is 73.3 Å². The van der Waals surface area contributed by atoms with Crippen molar-refractivity contribution in [1.29, 1.82) is 5.26 Å². The highest BCUT2D eigenvalue weighted by atomic mass is 35.5. The van der Waals surface area contributed by atoms with Gasteiger partial charge in [0.15, 0.2) is 0 Å². The molecular weight excluding hydrogens is 744 g/mol. The zero-order valence-corrected chi connectivity index (χ0v) is 32.6. The maximum absolute atomic E-state index is 13.2. The third-order valence-electron chi connectivity index (χ3n) is 12.0. The van der Waals surface area contributed by atoms with Crippen LogP contribution < -0.4 is 30.7 Å². The van der Waals surface area contributed by atoms with Gasteiger partial charge in [-0.15, -0.1) is 0 Å². The summed E-state index contributed by atoms with van der Waals surface area (Å²) in [6, 6.07) is 20.3. The number of rotatable bonds is 9. The molecule has 0 bridgehead atoms. The second kappa shape index (κ2) is 17.0. The van der Waals surface area contributed by atoms with Crippen molar-refractivity contribution in [3.8, 4) is 11.8 Å². The predicted molar refractivity (Wildman–Crippen MR) is 218 cm³/mol. The Labute approximate surface area is 336 Å². The molecule has 4 heterocycles. The van der Waals surface area contributed by atoms with Crippen molar-refractivity contribution < 1.29 is 19.1 Å². The van der Waals surface area contributed by atoms with Crippen LogP contribution in [-0.4, -0.2) is 90.4 Å². The van der Waals surface area contributed by atoms with E-state index >= 15 is 0 Å². The summed E-state index contributed by atoms with van der Waals surface area (Å²) in [4.78, 5) is 57.6. The quantitative estimate of drug-likeness (QED) is 0.220. The highest BCUT2D eigenvalue weighted by Crippen LogP contribution is 2.29. The Morgan fingerprint density at radius 1 is 0.860 bits per heavy atom. The van der Waals surface area contributed by atoms with E-state index in [0.717, 1.165) is 101 Å². The van der Waals surface area contributed by atoms with Crippen molar-refractivity contribution in [2.45, 2.75) is 69.6 Å². The van der Waals surface area contributed by atoms with E-state index in [-0.39, 0.29) is 42.4 Å². The number of amides is 3. The number of benzene rings is 3. The van der Waals surface area contributed by atoms with Crippen LogP contribution in [0.4, 0.5) is 11.4 Å². The molecular formula is C43H47ClN8O5. The Morgan fingerprint density at radius 3 is 2.28 bits per heavy atom. The monoisotopic (exact) mass is 790 g/mol. The lowest BCUT2D eigenvalue weighted by Crippen LogP contribution is -2.49. The van der Waals surface area contributed by atoms with Gasteiger partial charge in [-0.2, -0.15) is 10.4 Å². The number of aromatic nitrogens is 2. The molecule has 4 aliphatic rings. The number of halogens is 1. The summed E-state index contributed by atoms with van der Waals surface area (Å²) in [7, 11) is 0. The van der Waals surface area contributed by atoms with E-state index in [1.54, 1.807) is 24.4 Å². The fraction of sp³-hybridized carbons (Fsp3) is 0.442. The van der Waals surface area contributed by atoms with Gasteiger partial charge in [0.25, 0.3) is 17.4 Å². The second-order valence-corrected chi connectivity index (χ2v) is 16.1. The third kappa shape index (κ3) is 8.77. The molecule has 3 aliphatic heterocycles. The van der Waals surface area contributed by atoms with Gasteiger partial charge in [0.05, 0.1) is 28.3 Å². The second-order valence-electron chi connectivity index (χ2n) is 15.7. The van der Waals surface area contributed by atoms with E-state index < -0.39 is 11.9 Å². The summed E-state index contributed by atoms with van der Waals surface area (Å²) in [6.07, 6.45) is 7.75. The molecule has 3 amide bonds. The lowest BCUT2D eigenvalue weighted by molar-refractivity contribution is -0.136. The number of nitriles is 1. The van der Waals surface area contributed by atoms with Crippen LogP contribution in [-0.2, 0) is 9.59 Å². The van der Waals surface area contributed by atoms with E-state index in [2.05, 4.69) is 48.6 Å². The van der Waals surface area contributed by atoms with Crippen LogP contribution in [0.25, 0.3) is 10.8 Å². The number of nitrogens with zero attached hydrogens (tertiary/aromatic N) is 6. The van der Waals surface area contributed by atoms with Crippen LogP contribution in [0.2, 0.25) is 5.02 Å². The van der Waals surface area contributed by atoms with Crippen molar-refractivity contribution in [3.63, 3.8) is 0 Å². The average molecular weight is 791 g/mol. The first kappa shape index (κ1) is 38.4. The lowest BCUT2D eigenvalue weighted by Gasteiger charge is -2.40.